The Kier molecular flexibility index (Phi) is 5.62. The first kappa shape index (κ1) is 15.8. The van der Waals surface area contributed by atoms with E-state index in [9.17, 15) is 9.90 Å². The van der Waals surface area contributed by atoms with Crippen LogP contribution >= 0.6 is 0 Å². The van der Waals surface area contributed by atoms with Gasteiger partial charge in [-0.25, -0.2) is 0 Å². The van der Waals surface area contributed by atoms with E-state index in [4.69, 9.17) is 4.74 Å². The predicted octanol–water partition coefficient (Wildman–Crippen LogP) is 2.91. The molecule has 0 spiro atoms. The number of likely N-dealkylation sites (tertiary alicyclic amines) is 1. The van der Waals surface area contributed by atoms with Gasteiger partial charge in [-0.3, -0.25) is 4.79 Å². The summed E-state index contributed by atoms with van der Waals surface area (Å²) >= 11 is 0. The third-order valence-corrected chi connectivity index (χ3v) is 3.94. The summed E-state index contributed by atoms with van der Waals surface area (Å²) in [6.45, 7) is 5.13. The first-order chi connectivity index (χ1) is 10.1. The van der Waals surface area contributed by atoms with Crippen LogP contribution in [-0.4, -0.2) is 35.1 Å². The Morgan fingerprint density at radius 1 is 1.14 bits per heavy atom. The fraction of sp³-hybridized carbons (Fsp3) is 0.588. The molecule has 0 saturated carbocycles. The summed E-state index contributed by atoms with van der Waals surface area (Å²) in [5, 5.41) is 9.77. The maximum absolute atomic E-state index is 12.5. The van der Waals surface area contributed by atoms with Gasteiger partial charge in [0.05, 0.1) is 6.10 Å². The van der Waals surface area contributed by atoms with E-state index in [0.717, 1.165) is 25.9 Å². The number of benzene rings is 1. The molecule has 1 unspecified atom stereocenters. The van der Waals surface area contributed by atoms with E-state index in [1.807, 2.05) is 23.1 Å². The van der Waals surface area contributed by atoms with Crippen LogP contribution in [0.3, 0.4) is 0 Å². The minimum atomic E-state index is -0.610. The maximum atomic E-state index is 12.5. The second-order valence-electron chi connectivity index (χ2n) is 5.71. The van der Waals surface area contributed by atoms with Gasteiger partial charge < -0.3 is 14.7 Å². The number of hydrogen-bond donors (Lipinski definition) is 1. The Morgan fingerprint density at radius 3 is 2.38 bits per heavy atom. The molecule has 1 heterocycles. The third-order valence-electron chi connectivity index (χ3n) is 3.94. The summed E-state index contributed by atoms with van der Waals surface area (Å²) in [5.74, 6) is 0.625. The number of hydrogen-bond acceptors (Lipinski definition) is 3. The fourth-order valence-corrected chi connectivity index (χ4v) is 2.72. The lowest BCUT2D eigenvalue weighted by Gasteiger charge is -2.25. The molecule has 0 bridgehead atoms. The quantitative estimate of drug-likeness (QED) is 0.928. The summed E-state index contributed by atoms with van der Waals surface area (Å²) in [7, 11) is 0. The maximum Gasteiger partial charge on any atom is 0.263 e. The molecular formula is C17H25NO3. The summed E-state index contributed by atoms with van der Waals surface area (Å²) < 4.78 is 5.81. The van der Waals surface area contributed by atoms with Crippen molar-refractivity contribution in [3.05, 3.63) is 29.8 Å². The number of amides is 1. The molecule has 21 heavy (non-hydrogen) atoms. The Hall–Kier alpha value is -1.55. The largest absolute Gasteiger partial charge is 0.481 e. The van der Waals surface area contributed by atoms with Gasteiger partial charge in [0.25, 0.3) is 5.91 Å². The molecule has 0 aliphatic carbocycles. The summed E-state index contributed by atoms with van der Waals surface area (Å²) in [4.78, 5) is 14.4. The van der Waals surface area contributed by atoms with Gasteiger partial charge >= 0.3 is 0 Å². The van der Waals surface area contributed by atoms with Crippen LogP contribution in [0, 0.1) is 0 Å². The van der Waals surface area contributed by atoms with Crippen LogP contribution in [0.25, 0.3) is 0 Å². The minimum Gasteiger partial charge on any atom is -0.481 e. The van der Waals surface area contributed by atoms with Gasteiger partial charge in [0, 0.05) is 18.7 Å². The van der Waals surface area contributed by atoms with Crippen molar-refractivity contribution in [2.75, 3.05) is 13.1 Å². The van der Waals surface area contributed by atoms with E-state index in [1.165, 1.54) is 12.8 Å². The van der Waals surface area contributed by atoms with Crippen molar-refractivity contribution in [1.29, 1.82) is 0 Å². The van der Waals surface area contributed by atoms with Crippen molar-refractivity contribution in [3.63, 3.8) is 0 Å². The molecule has 0 aromatic heterocycles. The van der Waals surface area contributed by atoms with E-state index < -0.39 is 12.2 Å². The molecule has 1 N–H and O–H groups in total. The average Bonchev–Trinajstić information content (AvgIpc) is 2.75. The molecule has 2 rings (SSSR count). The summed E-state index contributed by atoms with van der Waals surface area (Å²) in [6, 6.07) is 7.33. The van der Waals surface area contributed by atoms with E-state index in [1.54, 1.807) is 19.9 Å². The Labute approximate surface area is 126 Å². The lowest BCUT2D eigenvalue weighted by molar-refractivity contribution is -0.137. The van der Waals surface area contributed by atoms with Gasteiger partial charge in [0.15, 0.2) is 6.10 Å². The molecule has 1 fully saturated rings. The van der Waals surface area contributed by atoms with Crippen molar-refractivity contribution in [2.45, 2.75) is 51.7 Å². The van der Waals surface area contributed by atoms with E-state index in [-0.39, 0.29) is 5.91 Å². The third kappa shape index (κ3) is 4.21. The van der Waals surface area contributed by atoms with Gasteiger partial charge in [-0.15, -0.1) is 0 Å². The van der Waals surface area contributed by atoms with Crippen LogP contribution in [0.4, 0.5) is 0 Å². The first-order valence-corrected chi connectivity index (χ1v) is 7.82. The minimum absolute atomic E-state index is 0.0392. The van der Waals surface area contributed by atoms with Gasteiger partial charge in [-0.1, -0.05) is 31.0 Å². The number of nitrogens with zero attached hydrogens (tertiary/aromatic N) is 1. The number of aliphatic hydroxyl groups excluding tert-OH is 1. The highest BCUT2D eigenvalue weighted by atomic mass is 16.5. The van der Waals surface area contributed by atoms with Gasteiger partial charge in [0.2, 0.25) is 0 Å². The van der Waals surface area contributed by atoms with Gasteiger partial charge in [0.1, 0.15) is 5.75 Å². The molecule has 1 aromatic carbocycles. The smallest absolute Gasteiger partial charge is 0.263 e. The molecule has 1 amide bonds. The SMILES string of the molecule is CC(Oc1ccccc1[C@@H](C)O)C(=O)N1CCCCCC1. The van der Waals surface area contributed by atoms with E-state index >= 15 is 0 Å². The van der Waals surface area contributed by atoms with Gasteiger partial charge in [-0.05, 0) is 32.8 Å². The zero-order chi connectivity index (χ0) is 15.2. The molecule has 2 atom stereocenters. The number of ether oxygens (including phenoxy) is 1. The molecule has 4 nitrogen and oxygen atoms in total. The van der Waals surface area contributed by atoms with Gasteiger partial charge in [-0.2, -0.15) is 0 Å². The van der Waals surface area contributed by atoms with Crippen molar-refractivity contribution in [3.8, 4) is 5.75 Å². The van der Waals surface area contributed by atoms with Crippen LogP contribution < -0.4 is 4.74 Å². The monoisotopic (exact) mass is 291 g/mol. The molecule has 0 radical (unpaired) electrons. The first-order valence-electron chi connectivity index (χ1n) is 7.82. The second-order valence-corrected chi connectivity index (χ2v) is 5.71. The second kappa shape index (κ2) is 7.46. The highest BCUT2D eigenvalue weighted by molar-refractivity contribution is 5.81. The van der Waals surface area contributed by atoms with Crippen LogP contribution in [-0.2, 0) is 4.79 Å². The van der Waals surface area contributed by atoms with E-state index in [2.05, 4.69) is 0 Å². The van der Waals surface area contributed by atoms with Crippen LogP contribution in [0.1, 0.15) is 51.2 Å². The van der Waals surface area contributed by atoms with Crippen LogP contribution in [0.2, 0.25) is 0 Å². The van der Waals surface area contributed by atoms with Crippen molar-refractivity contribution in [1.82, 2.24) is 4.90 Å². The zero-order valence-corrected chi connectivity index (χ0v) is 12.9. The average molecular weight is 291 g/mol. The van der Waals surface area contributed by atoms with E-state index in [0.29, 0.717) is 11.3 Å². The van der Waals surface area contributed by atoms with Crippen molar-refractivity contribution in [2.24, 2.45) is 0 Å². The Morgan fingerprint density at radius 2 is 1.76 bits per heavy atom. The topological polar surface area (TPSA) is 49.8 Å². The highest BCUT2D eigenvalue weighted by Gasteiger charge is 2.23. The lowest BCUT2D eigenvalue weighted by Crippen LogP contribution is -2.41. The number of carbonyl (C=O) groups is 1. The predicted molar refractivity (Wildman–Crippen MR) is 82.2 cm³/mol. The number of aliphatic hydroxyl groups is 1. The van der Waals surface area contributed by atoms with Crippen LogP contribution in [0.15, 0.2) is 24.3 Å². The summed E-state index contributed by atoms with van der Waals surface area (Å²) in [6.07, 6.45) is 3.41. The number of carbonyl (C=O) groups excluding carboxylic acids is 1. The fourth-order valence-electron chi connectivity index (χ4n) is 2.72. The van der Waals surface area contributed by atoms with Crippen molar-refractivity contribution >= 4 is 5.91 Å². The molecule has 4 heteroatoms. The van der Waals surface area contributed by atoms with Crippen molar-refractivity contribution < 1.29 is 14.6 Å². The normalized spacial score (nSPS) is 18.7. The molecule has 1 aromatic rings. The molecule has 1 aliphatic heterocycles. The zero-order valence-electron chi connectivity index (χ0n) is 12.9. The Balaban J connectivity index is 2.03. The molecule has 1 saturated heterocycles. The van der Waals surface area contributed by atoms with Crippen LogP contribution in [0.5, 0.6) is 5.75 Å². The number of rotatable bonds is 4. The number of para-hydroxylation sites is 1. The summed E-state index contributed by atoms with van der Waals surface area (Å²) in [5.41, 5.74) is 0.716. The molecule has 116 valence electrons. The molecular weight excluding hydrogens is 266 g/mol. The molecule has 1 aliphatic rings. The standard InChI is InChI=1S/C17H25NO3/c1-13(19)15-9-5-6-10-16(15)21-14(2)17(20)18-11-7-3-4-8-12-18/h5-6,9-10,13-14,19H,3-4,7-8,11-12H2,1-2H3/t13-,14?/m1/s1. The highest BCUT2D eigenvalue weighted by Crippen LogP contribution is 2.26. The lowest BCUT2D eigenvalue weighted by atomic mass is 10.1. The Bertz CT molecular complexity index is 465.